The summed E-state index contributed by atoms with van der Waals surface area (Å²) in [4.78, 5) is 16.7. The summed E-state index contributed by atoms with van der Waals surface area (Å²) in [6.45, 7) is -2.09. The van der Waals surface area contributed by atoms with Gasteiger partial charge in [-0.3, -0.25) is 10.1 Å². The standard InChI is InChI=1S/C11H14F3N3O2S/c12-11(13,14)5-19-4-9(18)17-10-16-7-2-1-6(15)3-8(7)20-10/h6H,1-5,15H2,(H,16,17,18)/t6-/m0/s1. The first kappa shape index (κ1) is 15.2. The van der Waals surface area contributed by atoms with Crippen LogP contribution >= 0.6 is 11.3 Å². The van der Waals surface area contributed by atoms with Gasteiger partial charge < -0.3 is 10.5 Å². The third-order valence-corrected chi connectivity index (χ3v) is 3.76. The van der Waals surface area contributed by atoms with Crippen LogP contribution in [-0.2, 0) is 22.4 Å². The van der Waals surface area contributed by atoms with Gasteiger partial charge in [0.25, 0.3) is 5.91 Å². The Labute approximate surface area is 117 Å². The molecule has 1 aliphatic rings. The van der Waals surface area contributed by atoms with Crippen molar-refractivity contribution in [1.29, 1.82) is 0 Å². The van der Waals surface area contributed by atoms with E-state index in [1.165, 1.54) is 11.3 Å². The van der Waals surface area contributed by atoms with E-state index in [-0.39, 0.29) is 6.04 Å². The topological polar surface area (TPSA) is 77.2 Å². The minimum Gasteiger partial charge on any atom is -0.362 e. The molecule has 9 heteroatoms. The van der Waals surface area contributed by atoms with E-state index in [4.69, 9.17) is 5.73 Å². The van der Waals surface area contributed by atoms with Gasteiger partial charge in [-0.25, -0.2) is 4.98 Å². The highest BCUT2D eigenvalue weighted by Crippen LogP contribution is 2.29. The molecule has 1 atom stereocenters. The number of halogens is 3. The Morgan fingerprint density at radius 2 is 2.30 bits per heavy atom. The first-order valence-electron chi connectivity index (χ1n) is 6.02. The van der Waals surface area contributed by atoms with E-state index in [1.54, 1.807) is 0 Å². The second-order valence-corrected chi connectivity index (χ2v) is 5.63. The summed E-state index contributed by atoms with van der Waals surface area (Å²) < 4.78 is 39.8. The SMILES string of the molecule is N[C@H]1CCc2nc(NC(=O)COCC(F)(F)F)sc2C1. The molecule has 112 valence electrons. The molecule has 0 aromatic carbocycles. The van der Waals surface area contributed by atoms with Gasteiger partial charge in [-0.2, -0.15) is 13.2 Å². The van der Waals surface area contributed by atoms with Crippen LogP contribution in [0.3, 0.4) is 0 Å². The summed E-state index contributed by atoms with van der Waals surface area (Å²) in [6, 6.07) is 0.0987. The van der Waals surface area contributed by atoms with E-state index in [0.717, 1.165) is 23.4 Å². The summed E-state index contributed by atoms with van der Waals surface area (Å²) in [5.41, 5.74) is 6.74. The zero-order valence-corrected chi connectivity index (χ0v) is 11.3. The minimum absolute atomic E-state index is 0.0987. The predicted molar refractivity (Wildman–Crippen MR) is 67.6 cm³/mol. The third kappa shape index (κ3) is 4.43. The Morgan fingerprint density at radius 1 is 1.55 bits per heavy atom. The number of nitrogens with zero attached hydrogens (tertiary/aromatic N) is 1. The number of fused-ring (bicyclic) bond motifs is 1. The van der Waals surface area contributed by atoms with E-state index in [0.29, 0.717) is 11.6 Å². The first-order chi connectivity index (χ1) is 9.33. The molecule has 3 N–H and O–H groups in total. The van der Waals surface area contributed by atoms with Crippen LogP contribution in [0, 0.1) is 0 Å². The van der Waals surface area contributed by atoms with Crippen LogP contribution in [0.5, 0.6) is 0 Å². The van der Waals surface area contributed by atoms with E-state index in [9.17, 15) is 18.0 Å². The molecule has 1 aliphatic carbocycles. The molecule has 0 bridgehead atoms. The molecule has 0 spiro atoms. The molecule has 1 aromatic rings. The highest BCUT2D eigenvalue weighted by atomic mass is 32.1. The summed E-state index contributed by atoms with van der Waals surface area (Å²) >= 11 is 1.31. The van der Waals surface area contributed by atoms with Gasteiger partial charge in [0.1, 0.15) is 13.2 Å². The van der Waals surface area contributed by atoms with Crippen LogP contribution in [0.25, 0.3) is 0 Å². The van der Waals surface area contributed by atoms with Gasteiger partial charge in [-0.1, -0.05) is 0 Å². The molecule has 0 unspecified atom stereocenters. The van der Waals surface area contributed by atoms with Crippen LogP contribution in [-0.4, -0.2) is 36.3 Å². The molecule has 5 nitrogen and oxygen atoms in total. The number of carbonyl (C=O) groups is 1. The molecule has 0 saturated carbocycles. The summed E-state index contributed by atoms with van der Waals surface area (Å²) in [5.74, 6) is -0.648. The molecule has 0 radical (unpaired) electrons. The molecule has 1 aromatic heterocycles. The highest BCUT2D eigenvalue weighted by molar-refractivity contribution is 7.15. The molecular weight excluding hydrogens is 295 g/mol. The van der Waals surface area contributed by atoms with Crippen molar-refractivity contribution in [2.24, 2.45) is 5.73 Å². The van der Waals surface area contributed by atoms with Crippen LogP contribution in [0.2, 0.25) is 0 Å². The van der Waals surface area contributed by atoms with Crippen molar-refractivity contribution in [2.45, 2.75) is 31.5 Å². The van der Waals surface area contributed by atoms with Gasteiger partial charge >= 0.3 is 6.18 Å². The highest BCUT2D eigenvalue weighted by Gasteiger charge is 2.28. The molecule has 1 amide bonds. The number of rotatable bonds is 4. The monoisotopic (exact) mass is 309 g/mol. The lowest BCUT2D eigenvalue weighted by atomic mass is 9.99. The smallest absolute Gasteiger partial charge is 0.362 e. The molecule has 20 heavy (non-hydrogen) atoms. The summed E-state index contributed by atoms with van der Waals surface area (Å²) in [5, 5.41) is 2.81. The van der Waals surface area contributed by atoms with Crippen molar-refractivity contribution < 1.29 is 22.7 Å². The second kappa shape index (κ2) is 6.06. The fourth-order valence-corrected chi connectivity index (χ4v) is 2.99. The Hall–Kier alpha value is -1.19. The molecule has 2 rings (SSSR count). The number of nitrogens with two attached hydrogens (primary N) is 1. The number of amides is 1. The number of hydrogen-bond donors (Lipinski definition) is 2. The molecule has 0 fully saturated rings. The van der Waals surface area contributed by atoms with Crippen LogP contribution < -0.4 is 11.1 Å². The average Bonchev–Trinajstić information content (AvgIpc) is 2.68. The maximum Gasteiger partial charge on any atom is 0.411 e. The predicted octanol–water partition coefficient (Wildman–Crippen LogP) is 1.48. The lowest BCUT2D eigenvalue weighted by Crippen LogP contribution is -2.27. The van der Waals surface area contributed by atoms with Crippen molar-refractivity contribution in [3.05, 3.63) is 10.6 Å². The fraction of sp³-hybridized carbons (Fsp3) is 0.636. The van der Waals surface area contributed by atoms with Gasteiger partial charge in [0.15, 0.2) is 5.13 Å². The van der Waals surface area contributed by atoms with E-state index in [1.807, 2.05) is 0 Å². The lowest BCUT2D eigenvalue weighted by Gasteiger charge is -2.15. The van der Waals surface area contributed by atoms with Gasteiger partial charge in [0.05, 0.1) is 5.69 Å². The normalized spacial score (nSPS) is 18.7. The van der Waals surface area contributed by atoms with Gasteiger partial charge in [0.2, 0.25) is 0 Å². The third-order valence-electron chi connectivity index (χ3n) is 2.72. The number of anilines is 1. The molecule has 0 aliphatic heterocycles. The first-order valence-corrected chi connectivity index (χ1v) is 6.83. The van der Waals surface area contributed by atoms with Crippen molar-refractivity contribution in [2.75, 3.05) is 18.5 Å². The number of aryl methyl sites for hydroxylation is 1. The zero-order valence-electron chi connectivity index (χ0n) is 10.5. The maximum absolute atomic E-state index is 11.8. The quantitative estimate of drug-likeness (QED) is 0.883. The number of aromatic nitrogens is 1. The second-order valence-electron chi connectivity index (χ2n) is 4.55. The Morgan fingerprint density at radius 3 is 3.00 bits per heavy atom. The number of hydrogen-bond acceptors (Lipinski definition) is 5. The fourth-order valence-electron chi connectivity index (χ4n) is 1.87. The van der Waals surface area contributed by atoms with Gasteiger partial charge in [-0.05, 0) is 19.3 Å². The number of thiazole rings is 1. The van der Waals surface area contributed by atoms with E-state index >= 15 is 0 Å². The lowest BCUT2D eigenvalue weighted by molar-refractivity contribution is -0.174. The zero-order chi connectivity index (χ0) is 14.8. The van der Waals surface area contributed by atoms with E-state index < -0.39 is 25.3 Å². The molecular formula is C11H14F3N3O2S. The van der Waals surface area contributed by atoms with Crippen molar-refractivity contribution in [3.8, 4) is 0 Å². The van der Waals surface area contributed by atoms with Crippen LogP contribution in [0.15, 0.2) is 0 Å². The molecule has 0 saturated heterocycles. The number of nitrogens with one attached hydrogen (secondary N) is 1. The average molecular weight is 309 g/mol. The largest absolute Gasteiger partial charge is 0.411 e. The van der Waals surface area contributed by atoms with Crippen molar-refractivity contribution >= 4 is 22.4 Å². The van der Waals surface area contributed by atoms with Crippen molar-refractivity contribution in [1.82, 2.24) is 4.98 Å². The van der Waals surface area contributed by atoms with Crippen LogP contribution in [0.4, 0.5) is 18.3 Å². The Kier molecular flexibility index (Phi) is 4.61. The number of ether oxygens (including phenoxy) is 1. The van der Waals surface area contributed by atoms with Gasteiger partial charge in [-0.15, -0.1) is 11.3 Å². The Balaban J connectivity index is 1.83. The van der Waals surface area contributed by atoms with Crippen molar-refractivity contribution in [3.63, 3.8) is 0 Å². The maximum atomic E-state index is 11.8. The van der Waals surface area contributed by atoms with Gasteiger partial charge in [0, 0.05) is 10.9 Å². The Bertz CT molecular complexity index is 490. The minimum atomic E-state index is -4.43. The number of carbonyl (C=O) groups excluding carboxylic acids is 1. The summed E-state index contributed by atoms with van der Waals surface area (Å²) in [7, 11) is 0. The van der Waals surface area contributed by atoms with Crippen LogP contribution in [0.1, 0.15) is 17.0 Å². The number of alkyl halides is 3. The van der Waals surface area contributed by atoms with E-state index in [2.05, 4.69) is 15.0 Å². The molecule has 1 heterocycles. The summed E-state index contributed by atoms with van der Waals surface area (Å²) in [6.07, 6.45) is -2.11.